The number of nitrogens with one attached hydrogen (secondary N) is 1. The Labute approximate surface area is 131 Å². The molecule has 2 aromatic carbocycles. The summed E-state index contributed by atoms with van der Waals surface area (Å²) in [5.74, 6) is 0. The molecule has 0 bridgehead atoms. The Balaban J connectivity index is 1.68. The van der Waals surface area contributed by atoms with E-state index in [1.54, 1.807) is 17.1 Å². The molecule has 0 aliphatic rings. The molecule has 3 rings (SSSR count). The molecular formula is C14H11Cl2N5. The van der Waals surface area contributed by atoms with Crippen molar-refractivity contribution in [3.8, 4) is 5.69 Å². The first-order valence-corrected chi connectivity index (χ1v) is 6.98. The second kappa shape index (κ2) is 6.11. The average molecular weight is 320 g/mol. The van der Waals surface area contributed by atoms with Gasteiger partial charge in [0.05, 0.1) is 5.69 Å². The zero-order valence-corrected chi connectivity index (χ0v) is 12.4. The van der Waals surface area contributed by atoms with Crippen LogP contribution in [0.25, 0.3) is 5.69 Å². The molecule has 0 fully saturated rings. The highest BCUT2D eigenvalue weighted by molar-refractivity contribution is 6.34. The van der Waals surface area contributed by atoms with E-state index >= 15 is 0 Å². The molecule has 0 aliphatic heterocycles. The highest BCUT2D eigenvalue weighted by Gasteiger charge is 2.00. The molecule has 0 amide bonds. The SMILES string of the molecule is Clc1cc(Cl)cc(CNc2ccc(-n3cnnn3)cc2)c1. The Bertz CT molecular complexity index is 705. The number of tetrazole rings is 1. The fraction of sp³-hybridized carbons (Fsp3) is 0.0714. The molecule has 0 spiro atoms. The summed E-state index contributed by atoms with van der Waals surface area (Å²) < 4.78 is 1.60. The number of hydrogen-bond acceptors (Lipinski definition) is 4. The van der Waals surface area contributed by atoms with Crippen molar-refractivity contribution in [2.24, 2.45) is 0 Å². The monoisotopic (exact) mass is 319 g/mol. The predicted molar refractivity (Wildman–Crippen MR) is 82.9 cm³/mol. The zero-order chi connectivity index (χ0) is 14.7. The van der Waals surface area contributed by atoms with Crippen molar-refractivity contribution in [1.29, 1.82) is 0 Å². The summed E-state index contributed by atoms with van der Waals surface area (Å²) in [5, 5.41) is 15.6. The first-order chi connectivity index (χ1) is 10.2. The van der Waals surface area contributed by atoms with Crippen LogP contribution >= 0.6 is 23.2 Å². The second-order valence-corrected chi connectivity index (χ2v) is 5.31. The largest absolute Gasteiger partial charge is 0.381 e. The lowest BCUT2D eigenvalue weighted by atomic mass is 10.2. The van der Waals surface area contributed by atoms with E-state index in [0.29, 0.717) is 16.6 Å². The summed E-state index contributed by atoms with van der Waals surface area (Å²) in [4.78, 5) is 0. The van der Waals surface area contributed by atoms with Crippen molar-refractivity contribution in [3.63, 3.8) is 0 Å². The molecule has 0 saturated heterocycles. The Morgan fingerprint density at radius 1 is 1.00 bits per heavy atom. The first-order valence-electron chi connectivity index (χ1n) is 6.23. The number of benzene rings is 2. The molecule has 5 nitrogen and oxygen atoms in total. The Hall–Kier alpha value is -2.11. The molecule has 0 atom stereocenters. The molecule has 21 heavy (non-hydrogen) atoms. The standard InChI is InChI=1S/C14H11Cl2N5/c15-11-5-10(6-12(16)7-11)8-17-13-1-3-14(4-2-13)21-9-18-19-20-21/h1-7,9,17H,8H2. The number of aromatic nitrogens is 4. The smallest absolute Gasteiger partial charge is 0.143 e. The number of rotatable bonds is 4. The van der Waals surface area contributed by atoms with Crippen LogP contribution in [0, 0.1) is 0 Å². The maximum atomic E-state index is 5.98. The van der Waals surface area contributed by atoms with Crippen molar-refractivity contribution in [2.75, 3.05) is 5.32 Å². The first kappa shape index (κ1) is 13.9. The predicted octanol–water partition coefficient (Wildman–Crippen LogP) is 3.58. The quantitative estimate of drug-likeness (QED) is 0.798. The van der Waals surface area contributed by atoms with Crippen molar-refractivity contribution in [3.05, 3.63) is 64.4 Å². The summed E-state index contributed by atoms with van der Waals surface area (Å²) in [6, 6.07) is 13.3. The third-order valence-corrected chi connectivity index (χ3v) is 3.34. The zero-order valence-electron chi connectivity index (χ0n) is 10.9. The lowest BCUT2D eigenvalue weighted by molar-refractivity contribution is 0.789. The van der Waals surface area contributed by atoms with Gasteiger partial charge in [-0.05, 0) is 58.5 Å². The van der Waals surface area contributed by atoms with Gasteiger partial charge in [-0.1, -0.05) is 23.2 Å². The van der Waals surface area contributed by atoms with Crippen LogP contribution in [0.2, 0.25) is 10.0 Å². The van der Waals surface area contributed by atoms with Crippen LogP contribution in [0.4, 0.5) is 5.69 Å². The lowest BCUT2D eigenvalue weighted by Crippen LogP contribution is -2.00. The van der Waals surface area contributed by atoms with E-state index in [0.717, 1.165) is 16.9 Å². The van der Waals surface area contributed by atoms with E-state index < -0.39 is 0 Å². The van der Waals surface area contributed by atoms with Gasteiger partial charge in [-0.2, -0.15) is 0 Å². The fourth-order valence-corrected chi connectivity index (χ4v) is 2.50. The summed E-state index contributed by atoms with van der Waals surface area (Å²) in [6.07, 6.45) is 1.55. The summed E-state index contributed by atoms with van der Waals surface area (Å²) in [5.41, 5.74) is 2.91. The van der Waals surface area contributed by atoms with Gasteiger partial charge in [-0.3, -0.25) is 0 Å². The normalized spacial score (nSPS) is 10.6. The van der Waals surface area contributed by atoms with E-state index in [2.05, 4.69) is 20.8 Å². The maximum absolute atomic E-state index is 5.98. The van der Waals surface area contributed by atoms with E-state index in [1.165, 1.54) is 0 Å². The van der Waals surface area contributed by atoms with Gasteiger partial charge in [0.25, 0.3) is 0 Å². The Morgan fingerprint density at radius 3 is 2.33 bits per heavy atom. The van der Waals surface area contributed by atoms with Crippen LogP contribution in [0.15, 0.2) is 48.8 Å². The average Bonchev–Trinajstić information content (AvgIpc) is 2.99. The molecule has 0 saturated carbocycles. The van der Waals surface area contributed by atoms with E-state index in [1.807, 2.05) is 36.4 Å². The minimum Gasteiger partial charge on any atom is -0.381 e. The highest BCUT2D eigenvalue weighted by atomic mass is 35.5. The van der Waals surface area contributed by atoms with Crippen LogP contribution in [0.1, 0.15) is 5.56 Å². The molecule has 0 aliphatic carbocycles. The molecule has 1 heterocycles. The number of hydrogen-bond donors (Lipinski definition) is 1. The molecule has 1 aromatic heterocycles. The number of halogens is 2. The maximum Gasteiger partial charge on any atom is 0.143 e. The van der Waals surface area contributed by atoms with Crippen molar-refractivity contribution in [2.45, 2.75) is 6.54 Å². The fourth-order valence-electron chi connectivity index (χ4n) is 1.93. The van der Waals surface area contributed by atoms with Crippen LogP contribution in [0.3, 0.4) is 0 Å². The van der Waals surface area contributed by atoms with Gasteiger partial charge in [-0.15, -0.1) is 5.10 Å². The van der Waals surface area contributed by atoms with Gasteiger partial charge in [0.2, 0.25) is 0 Å². The summed E-state index contributed by atoms with van der Waals surface area (Å²) in [7, 11) is 0. The van der Waals surface area contributed by atoms with Gasteiger partial charge < -0.3 is 5.32 Å². The lowest BCUT2D eigenvalue weighted by Gasteiger charge is -2.08. The molecule has 106 valence electrons. The van der Waals surface area contributed by atoms with Crippen molar-refractivity contribution < 1.29 is 0 Å². The molecule has 3 aromatic rings. The highest BCUT2D eigenvalue weighted by Crippen LogP contribution is 2.20. The molecule has 0 radical (unpaired) electrons. The van der Waals surface area contributed by atoms with Crippen LogP contribution in [-0.2, 0) is 6.54 Å². The Morgan fingerprint density at radius 2 is 1.71 bits per heavy atom. The number of anilines is 1. The second-order valence-electron chi connectivity index (χ2n) is 4.43. The third kappa shape index (κ3) is 3.51. The van der Waals surface area contributed by atoms with Crippen molar-refractivity contribution >= 4 is 28.9 Å². The van der Waals surface area contributed by atoms with E-state index in [9.17, 15) is 0 Å². The molecular weight excluding hydrogens is 309 g/mol. The van der Waals surface area contributed by atoms with Gasteiger partial charge in [0.1, 0.15) is 6.33 Å². The van der Waals surface area contributed by atoms with Gasteiger partial charge >= 0.3 is 0 Å². The molecule has 7 heteroatoms. The van der Waals surface area contributed by atoms with Crippen LogP contribution < -0.4 is 5.32 Å². The van der Waals surface area contributed by atoms with Crippen molar-refractivity contribution in [1.82, 2.24) is 20.2 Å². The third-order valence-electron chi connectivity index (χ3n) is 2.90. The topological polar surface area (TPSA) is 55.6 Å². The van der Waals surface area contributed by atoms with Gasteiger partial charge in [0, 0.05) is 22.3 Å². The summed E-state index contributed by atoms with van der Waals surface area (Å²) >= 11 is 12.0. The number of nitrogens with zero attached hydrogens (tertiary/aromatic N) is 4. The van der Waals surface area contributed by atoms with Crippen LogP contribution in [0.5, 0.6) is 0 Å². The van der Waals surface area contributed by atoms with Gasteiger partial charge in [-0.25, -0.2) is 4.68 Å². The molecule has 1 N–H and O–H groups in total. The summed E-state index contributed by atoms with van der Waals surface area (Å²) in [6.45, 7) is 0.643. The van der Waals surface area contributed by atoms with Crippen LogP contribution in [-0.4, -0.2) is 20.2 Å². The minimum absolute atomic E-state index is 0.633. The molecule has 0 unspecified atom stereocenters. The van der Waals surface area contributed by atoms with Gasteiger partial charge in [0.15, 0.2) is 0 Å². The minimum atomic E-state index is 0.633. The van der Waals surface area contributed by atoms with E-state index in [-0.39, 0.29) is 0 Å². The Kier molecular flexibility index (Phi) is 4.03. The van der Waals surface area contributed by atoms with E-state index in [4.69, 9.17) is 23.2 Å².